The lowest BCUT2D eigenvalue weighted by Crippen LogP contribution is -2.37. The van der Waals surface area contributed by atoms with Crippen LogP contribution >= 0.6 is 35.1 Å². The first kappa shape index (κ1) is 25.3. The van der Waals surface area contributed by atoms with E-state index < -0.39 is 0 Å². The molecule has 5 rings (SSSR count). The molecular weight excluding hydrogens is 496 g/mol. The molecule has 1 amide bonds. The van der Waals surface area contributed by atoms with Crippen molar-refractivity contribution in [1.29, 1.82) is 0 Å². The lowest BCUT2D eigenvalue weighted by Gasteiger charge is -2.23. The second-order valence-corrected chi connectivity index (χ2v) is 10.6. The van der Waals surface area contributed by atoms with E-state index in [9.17, 15) is 4.79 Å². The highest BCUT2D eigenvalue weighted by Crippen LogP contribution is 2.34. The van der Waals surface area contributed by atoms with E-state index in [2.05, 4.69) is 30.9 Å². The van der Waals surface area contributed by atoms with Gasteiger partial charge in [0.05, 0.1) is 31.9 Å². The van der Waals surface area contributed by atoms with Crippen LogP contribution in [0.4, 0.5) is 5.13 Å². The number of nitrogens with zero attached hydrogens (tertiary/aromatic N) is 4. The highest BCUT2D eigenvalue weighted by atomic mass is 35.5. The maximum absolute atomic E-state index is 14.2. The van der Waals surface area contributed by atoms with Crippen LogP contribution in [-0.4, -0.2) is 48.0 Å². The first-order chi connectivity index (χ1) is 16.4. The van der Waals surface area contributed by atoms with E-state index in [0.717, 1.165) is 48.9 Å². The summed E-state index contributed by atoms with van der Waals surface area (Å²) in [7, 11) is 4.04. The molecule has 35 heavy (non-hydrogen) atoms. The van der Waals surface area contributed by atoms with Gasteiger partial charge >= 0.3 is 0 Å². The fraction of sp³-hybridized carbons (Fsp3) is 0.222. The molecule has 0 spiro atoms. The average molecular weight is 523 g/mol. The summed E-state index contributed by atoms with van der Waals surface area (Å²) >= 11 is 3.20. The molecule has 3 heterocycles. The monoisotopic (exact) mass is 522 g/mol. The summed E-state index contributed by atoms with van der Waals surface area (Å²) in [5.41, 5.74) is 5.63. The largest absolute Gasteiger partial charge is 0.308 e. The Kier molecular flexibility index (Phi) is 7.52. The molecule has 3 aromatic heterocycles. The van der Waals surface area contributed by atoms with Gasteiger partial charge in [-0.25, -0.2) is 9.97 Å². The number of benzene rings is 2. The van der Waals surface area contributed by atoms with Crippen LogP contribution in [0.1, 0.15) is 21.5 Å². The quantitative estimate of drug-likeness (QED) is 0.245. The predicted molar refractivity (Wildman–Crippen MR) is 152 cm³/mol. The Morgan fingerprint density at radius 3 is 2.51 bits per heavy atom. The van der Waals surface area contributed by atoms with Crippen molar-refractivity contribution in [2.24, 2.45) is 0 Å². The maximum Gasteiger partial charge on any atom is 0.260 e. The van der Waals surface area contributed by atoms with E-state index >= 15 is 0 Å². The first-order valence-corrected chi connectivity index (χ1v) is 12.9. The standard InChI is InChI=1S/C27H26N4OS2.ClH/c1-17-11-12-24-25(18(17)2)29-27(34-24)31(14-13-30(3)4)26(32)20-16-22(23-10-7-15-33-23)28-21-9-6-5-8-19(20)21;/h5-12,15-16H,13-14H2,1-4H3;1H. The topological polar surface area (TPSA) is 49.3 Å². The predicted octanol–water partition coefficient (Wildman–Crippen LogP) is 6.82. The summed E-state index contributed by atoms with van der Waals surface area (Å²) in [5.74, 6) is -0.0494. The van der Waals surface area contributed by atoms with Crippen LogP contribution in [0, 0.1) is 13.8 Å². The van der Waals surface area contributed by atoms with Gasteiger partial charge in [0.2, 0.25) is 0 Å². The molecular formula is C27H27ClN4OS2. The van der Waals surface area contributed by atoms with Gasteiger partial charge in [-0.2, -0.15) is 0 Å². The third-order valence-corrected chi connectivity index (χ3v) is 7.98. The number of aromatic nitrogens is 2. The van der Waals surface area contributed by atoms with Crippen molar-refractivity contribution in [2.75, 3.05) is 32.1 Å². The summed E-state index contributed by atoms with van der Waals surface area (Å²) in [6, 6.07) is 18.1. The molecule has 0 bridgehead atoms. The van der Waals surface area contributed by atoms with E-state index in [1.165, 1.54) is 5.56 Å². The average Bonchev–Trinajstić information content (AvgIpc) is 3.51. The van der Waals surface area contributed by atoms with Crippen LogP contribution in [0.2, 0.25) is 0 Å². The fourth-order valence-electron chi connectivity index (χ4n) is 3.96. The van der Waals surface area contributed by atoms with Crippen LogP contribution in [-0.2, 0) is 0 Å². The van der Waals surface area contributed by atoms with Gasteiger partial charge < -0.3 is 4.90 Å². The minimum absolute atomic E-state index is 0. The Labute approximate surface area is 219 Å². The number of hydrogen-bond donors (Lipinski definition) is 0. The minimum atomic E-state index is -0.0494. The highest BCUT2D eigenvalue weighted by molar-refractivity contribution is 7.22. The number of anilines is 1. The molecule has 0 aliphatic heterocycles. The molecule has 5 nitrogen and oxygen atoms in total. The number of pyridine rings is 1. The molecule has 2 aromatic carbocycles. The minimum Gasteiger partial charge on any atom is -0.308 e. The second-order valence-electron chi connectivity index (χ2n) is 8.66. The van der Waals surface area contributed by atoms with Crippen LogP contribution in [0.15, 0.2) is 60.0 Å². The summed E-state index contributed by atoms with van der Waals surface area (Å²) < 4.78 is 1.10. The number of rotatable bonds is 6. The molecule has 0 unspecified atom stereocenters. The van der Waals surface area contributed by atoms with Gasteiger partial charge in [-0.1, -0.05) is 41.7 Å². The Bertz CT molecular complexity index is 1490. The van der Waals surface area contributed by atoms with E-state index in [1.807, 2.05) is 66.8 Å². The van der Waals surface area contributed by atoms with E-state index in [-0.39, 0.29) is 18.3 Å². The zero-order valence-corrected chi connectivity index (χ0v) is 22.6. The number of carbonyl (C=O) groups excluding carboxylic acids is 1. The normalized spacial score (nSPS) is 11.2. The summed E-state index contributed by atoms with van der Waals surface area (Å²) in [6.45, 7) is 5.48. The number of aryl methyl sites for hydroxylation is 2. The van der Waals surface area contributed by atoms with E-state index in [0.29, 0.717) is 12.1 Å². The lowest BCUT2D eigenvalue weighted by atomic mass is 10.1. The van der Waals surface area contributed by atoms with Crippen LogP contribution in [0.25, 0.3) is 31.7 Å². The Morgan fingerprint density at radius 1 is 0.971 bits per heavy atom. The number of amides is 1. The van der Waals surface area contributed by atoms with Crippen molar-refractivity contribution in [2.45, 2.75) is 13.8 Å². The van der Waals surface area contributed by atoms with E-state index in [1.54, 1.807) is 22.7 Å². The third kappa shape index (κ3) is 4.95. The molecule has 0 fully saturated rings. The number of hydrogen-bond acceptors (Lipinski definition) is 6. The fourth-order valence-corrected chi connectivity index (χ4v) is 5.70. The molecule has 0 atom stereocenters. The molecule has 0 radical (unpaired) electrons. The number of likely N-dealkylation sites (N-methyl/N-ethyl adjacent to an activating group) is 1. The number of halogens is 1. The van der Waals surface area contributed by atoms with Crippen LogP contribution in [0.3, 0.4) is 0 Å². The van der Waals surface area contributed by atoms with Crippen molar-refractivity contribution in [3.8, 4) is 10.6 Å². The number of thiophene rings is 1. The molecule has 180 valence electrons. The summed E-state index contributed by atoms with van der Waals surface area (Å²) in [4.78, 5) is 28.9. The summed E-state index contributed by atoms with van der Waals surface area (Å²) in [5, 5.41) is 3.62. The van der Waals surface area contributed by atoms with Gasteiger partial charge in [-0.15, -0.1) is 23.7 Å². The number of para-hydroxylation sites is 1. The Balaban J connectivity index is 0.00000289. The van der Waals surface area contributed by atoms with Gasteiger partial charge in [-0.3, -0.25) is 9.69 Å². The molecule has 0 saturated heterocycles. The van der Waals surface area contributed by atoms with Gasteiger partial charge in [0.15, 0.2) is 5.13 Å². The van der Waals surface area contributed by atoms with Crippen LogP contribution < -0.4 is 4.90 Å². The first-order valence-electron chi connectivity index (χ1n) is 11.2. The van der Waals surface area contributed by atoms with Crippen molar-refractivity contribution in [3.05, 3.63) is 76.7 Å². The SMILES string of the molecule is Cc1ccc2sc(N(CCN(C)C)C(=O)c3cc(-c4cccs4)nc4ccccc34)nc2c1C.Cl. The number of carbonyl (C=O) groups is 1. The molecule has 8 heteroatoms. The number of thiazole rings is 1. The summed E-state index contributed by atoms with van der Waals surface area (Å²) in [6.07, 6.45) is 0. The molecule has 0 saturated carbocycles. The van der Waals surface area contributed by atoms with Gasteiger partial charge in [0, 0.05) is 18.5 Å². The van der Waals surface area contributed by atoms with Gasteiger partial charge in [0.25, 0.3) is 5.91 Å². The van der Waals surface area contributed by atoms with E-state index in [4.69, 9.17) is 9.97 Å². The second kappa shape index (κ2) is 10.4. The Hall–Kier alpha value is -2.84. The zero-order chi connectivity index (χ0) is 23.8. The van der Waals surface area contributed by atoms with Crippen molar-refractivity contribution < 1.29 is 4.79 Å². The van der Waals surface area contributed by atoms with Crippen molar-refractivity contribution in [3.63, 3.8) is 0 Å². The van der Waals surface area contributed by atoms with Gasteiger partial charge in [0.1, 0.15) is 0 Å². The van der Waals surface area contributed by atoms with Gasteiger partial charge in [-0.05, 0) is 68.7 Å². The maximum atomic E-state index is 14.2. The lowest BCUT2D eigenvalue weighted by molar-refractivity contribution is 0.0986. The molecule has 0 aliphatic carbocycles. The molecule has 0 N–H and O–H groups in total. The highest BCUT2D eigenvalue weighted by Gasteiger charge is 2.25. The molecule has 0 aliphatic rings. The molecule has 5 aromatic rings. The van der Waals surface area contributed by atoms with Crippen LogP contribution in [0.5, 0.6) is 0 Å². The number of fused-ring (bicyclic) bond motifs is 2. The third-order valence-electron chi connectivity index (χ3n) is 6.04. The van der Waals surface area contributed by atoms with Crippen molar-refractivity contribution >= 4 is 67.2 Å². The zero-order valence-electron chi connectivity index (χ0n) is 20.1. The smallest absolute Gasteiger partial charge is 0.260 e. The Morgan fingerprint density at radius 2 is 1.77 bits per heavy atom. The van der Waals surface area contributed by atoms with Crippen molar-refractivity contribution in [1.82, 2.24) is 14.9 Å².